The number of nitrogens with one attached hydrogen (secondary N) is 1. The van der Waals surface area contributed by atoms with Crippen LogP contribution in [0.5, 0.6) is 5.75 Å². The van der Waals surface area contributed by atoms with E-state index in [4.69, 9.17) is 0 Å². The first-order chi connectivity index (χ1) is 12.1. The van der Waals surface area contributed by atoms with Gasteiger partial charge in [0.15, 0.2) is 0 Å². The van der Waals surface area contributed by atoms with Crippen molar-refractivity contribution in [2.75, 3.05) is 26.7 Å². The van der Waals surface area contributed by atoms with Crippen LogP contribution in [0.15, 0.2) is 36.4 Å². The first-order valence-corrected chi connectivity index (χ1v) is 8.97. The molecule has 2 heterocycles. The number of rotatable bonds is 6. The molecule has 1 fully saturated rings. The number of likely N-dealkylation sites (tertiary alicyclic amines) is 1. The van der Waals surface area contributed by atoms with Gasteiger partial charge in [-0.25, -0.2) is 0 Å². The molecule has 0 radical (unpaired) electrons. The van der Waals surface area contributed by atoms with Crippen LogP contribution in [0.3, 0.4) is 0 Å². The molecular weight excluding hydrogens is 346 g/mol. The Balaban J connectivity index is 1.67. The van der Waals surface area contributed by atoms with Gasteiger partial charge >= 0.3 is 6.61 Å². The average molecular weight is 366 g/mol. The van der Waals surface area contributed by atoms with Crippen molar-refractivity contribution in [3.05, 3.63) is 41.3 Å². The van der Waals surface area contributed by atoms with Crippen molar-refractivity contribution in [1.29, 1.82) is 0 Å². The topological polar surface area (TPSA) is 41.6 Å². The molecule has 1 amide bonds. The minimum absolute atomic E-state index is 0.0625. The zero-order chi connectivity index (χ0) is 17.8. The van der Waals surface area contributed by atoms with E-state index in [2.05, 4.69) is 10.1 Å². The maximum atomic E-state index is 12.6. The van der Waals surface area contributed by atoms with E-state index in [-0.39, 0.29) is 11.7 Å². The van der Waals surface area contributed by atoms with Crippen molar-refractivity contribution in [2.24, 2.45) is 5.92 Å². The Hall–Kier alpha value is -1.99. The number of hydrogen-bond acceptors (Lipinski definition) is 4. The zero-order valence-corrected chi connectivity index (χ0v) is 14.7. The van der Waals surface area contributed by atoms with Crippen LogP contribution in [-0.4, -0.2) is 44.1 Å². The number of amides is 1. The Morgan fingerprint density at radius 1 is 1.32 bits per heavy atom. The third-order valence-corrected chi connectivity index (χ3v) is 5.37. The van der Waals surface area contributed by atoms with E-state index in [0.717, 1.165) is 36.5 Å². The molecule has 0 aliphatic carbocycles. The molecule has 4 nitrogen and oxygen atoms in total. The lowest BCUT2D eigenvalue weighted by Crippen LogP contribution is -2.29. The fourth-order valence-electron chi connectivity index (χ4n) is 3.04. The summed E-state index contributed by atoms with van der Waals surface area (Å²) in [6, 6.07) is 10.2. The van der Waals surface area contributed by atoms with Gasteiger partial charge in [0.05, 0.1) is 4.88 Å². The van der Waals surface area contributed by atoms with Crippen LogP contribution in [-0.2, 0) is 0 Å². The van der Waals surface area contributed by atoms with Crippen molar-refractivity contribution in [3.8, 4) is 16.2 Å². The van der Waals surface area contributed by atoms with Crippen LogP contribution in [0, 0.1) is 5.92 Å². The van der Waals surface area contributed by atoms with Gasteiger partial charge in [-0.1, -0.05) is 0 Å². The van der Waals surface area contributed by atoms with Crippen LogP contribution in [0.1, 0.15) is 16.1 Å². The summed E-state index contributed by atoms with van der Waals surface area (Å²) in [7, 11) is 1.92. The number of nitrogens with zero attached hydrogens (tertiary/aromatic N) is 1. The highest BCUT2D eigenvalue weighted by molar-refractivity contribution is 7.17. The fourth-order valence-corrected chi connectivity index (χ4v) is 4.02. The van der Waals surface area contributed by atoms with Crippen molar-refractivity contribution in [1.82, 2.24) is 10.2 Å². The molecule has 1 unspecified atom stereocenters. The third-order valence-electron chi connectivity index (χ3n) is 4.25. The molecule has 134 valence electrons. The van der Waals surface area contributed by atoms with Crippen LogP contribution in [0.2, 0.25) is 0 Å². The summed E-state index contributed by atoms with van der Waals surface area (Å²) in [5.74, 6) is 0.697. The SMILES string of the molecule is CNCC1CCN(C(=O)c2ccc(-c3ccc(OC(F)F)cc3)s2)C1. The molecule has 1 N–H and O–H groups in total. The van der Waals surface area contributed by atoms with Crippen molar-refractivity contribution < 1.29 is 18.3 Å². The highest BCUT2D eigenvalue weighted by Gasteiger charge is 2.27. The predicted octanol–water partition coefficient (Wildman–Crippen LogP) is 3.70. The number of halogens is 2. The summed E-state index contributed by atoms with van der Waals surface area (Å²) < 4.78 is 28.7. The normalized spacial score (nSPS) is 17.3. The second-order valence-electron chi connectivity index (χ2n) is 6.03. The summed E-state index contributed by atoms with van der Waals surface area (Å²) in [5, 5.41) is 3.16. The molecule has 0 spiro atoms. The molecule has 1 aromatic carbocycles. The van der Waals surface area contributed by atoms with Gasteiger partial charge in [-0.2, -0.15) is 8.78 Å². The van der Waals surface area contributed by atoms with Gasteiger partial charge in [0.2, 0.25) is 0 Å². The van der Waals surface area contributed by atoms with Crippen molar-refractivity contribution in [2.45, 2.75) is 13.0 Å². The number of carbonyl (C=O) groups is 1. The first kappa shape index (κ1) is 17.8. The Kier molecular flexibility index (Phi) is 5.65. The molecule has 1 aliphatic rings. The zero-order valence-electron chi connectivity index (χ0n) is 13.9. The number of thiophene rings is 1. The minimum atomic E-state index is -2.83. The molecular formula is C18H20F2N2O2S. The molecule has 1 saturated heterocycles. The highest BCUT2D eigenvalue weighted by Crippen LogP contribution is 2.31. The second-order valence-corrected chi connectivity index (χ2v) is 7.11. The number of carbonyl (C=O) groups excluding carboxylic acids is 1. The fraction of sp³-hybridized carbons (Fsp3) is 0.389. The quantitative estimate of drug-likeness (QED) is 0.848. The number of hydrogen-bond donors (Lipinski definition) is 1. The Morgan fingerprint density at radius 2 is 2.08 bits per heavy atom. The van der Waals surface area contributed by atoms with Gasteiger partial charge in [-0.3, -0.25) is 4.79 Å². The summed E-state index contributed by atoms with van der Waals surface area (Å²) in [4.78, 5) is 16.2. The molecule has 25 heavy (non-hydrogen) atoms. The molecule has 2 aromatic rings. The molecule has 1 aliphatic heterocycles. The minimum Gasteiger partial charge on any atom is -0.435 e. The summed E-state index contributed by atoms with van der Waals surface area (Å²) in [6.45, 7) is -0.332. The lowest BCUT2D eigenvalue weighted by molar-refractivity contribution is -0.0498. The maximum Gasteiger partial charge on any atom is 0.387 e. The summed E-state index contributed by atoms with van der Waals surface area (Å²) in [5.41, 5.74) is 0.875. The molecule has 0 saturated carbocycles. The van der Waals surface area contributed by atoms with Gasteiger partial charge in [0.25, 0.3) is 5.91 Å². The Labute approximate surface area is 149 Å². The van der Waals surface area contributed by atoms with E-state index in [1.54, 1.807) is 12.1 Å². The van der Waals surface area contributed by atoms with E-state index < -0.39 is 6.61 Å². The average Bonchev–Trinajstić information content (AvgIpc) is 3.24. The van der Waals surface area contributed by atoms with Crippen molar-refractivity contribution in [3.63, 3.8) is 0 Å². The van der Waals surface area contributed by atoms with Gasteiger partial charge in [0, 0.05) is 18.0 Å². The first-order valence-electron chi connectivity index (χ1n) is 8.16. The lowest BCUT2D eigenvalue weighted by atomic mass is 10.1. The van der Waals surface area contributed by atoms with E-state index in [0.29, 0.717) is 10.8 Å². The largest absolute Gasteiger partial charge is 0.435 e. The predicted molar refractivity (Wildman–Crippen MR) is 94.3 cm³/mol. The second kappa shape index (κ2) is 7.93. The summed E-state index contributed by atoms with van der Waals surface area (Å²) in [6.07, 6.45) is 1.02. The molecule has 3 rings (SSSR count). The lowest BCUT2D eigenvalue weighted by Gasteiger charge is -2.15. The Bertz CT molecular complexity index is 718. The highest BCUT2D eigenvalue weighted by atomic mass is 32.1. The number of benzene rings is 1. The van der Waals surface area contributed by atoms with E-state index in [1.165, 1.54) is 23.5 Å². The van der Waals surface area contributed by atoms with Crippen LogP contribution in [0.4, 0.5) is 8.78 Å². The van der Waals surface area contributed by atoms with Crippen LogP contribution < -0.4 is 10.1 Å². The smallest absolute Gasteiger partial charge is 0.387 e. The monoisotopic (exact) mass is 366 g/mol. The van der Waals surface area contributed by atoms with Crippen molar-refractivity contribution >= 4 is 17.2 Å². The maximum absolute atomic E-state index is 12.6. The van der Waals surface area contributed by atoms with Crippen LogP contribution in [0.25, 0.3) is 10.4 Å². The Morgan fingerprint density at radius 3 is 2.76 bits per heavy atom. The van der Waals surface area contributed by atoms with Gasteiger partial charge in [-0.15, -0.1) is 11.3 Å². The van der Waals surface area contributed by atoms with Gasteiger partial charge in [-0.05, 0) is 67.9 Å². The summed E-state index contributed by atoms with van der Waals surface area (Å²) >= 11 is 1.42. The van der Waals surface area contributed by atoms with E-state index in [1.807, 2.05) is 24.1 Å². The third kappa shape index (κ3) is 4.35. The molecule has 0 bridgehead atoms. The van der Waals surface area contributed by atoms with E-state index >= 15 is 0 Å². The van der Waals surface area contributed by atoms with E-state index in [9.17, 15) is 13.6 Å². The molecule has 1 aromatic heterocycles. The van der Waals surface area contributed by atoms with Crippen LogP contribution >= 0.6 is 11.3 Å². The number of alkyl halides is 2. The van der Waals surface area contributed by atoms with Gasteiger partial charge < -0.3 is 15.0 Å². The molecule has 1 atom stereocenters. The number of ether oxygens (including phenoxy) is 1. The van der Waals surface area contributed by atoms with Gasteiger partial charge in [0.1, 0.15) is 5.75 Å². The molecule has 7 heteroatoms. The standard InChI is InChI=1S/C18H20F2N2O2S/c1-21-10-12-8-9-22(11-12)17(23)16-7-6-15(25-16)13-2-4-14(5-3-13)24-18(19)20/h2-7,12,18,21H,8-11H2,1H3.